The van der Waals surface area contributed by atoms with Gasteiger partial charge in [0, 0.05) is 17.1 Å². The molecule has 0 spiro atoms. The van der Waals surface area contributed by atoms with Crippen LogP contribution < -0.4 is 10.1 Å². The van der Waals surface area contributed by atoms with E-state index in [1.165, 1.54) is 0 Å². The lowest BCUT2D eigenvalue weighted by atomic mass is 10.00. The summed E-state index contributed by atoms with van der Waals surface area (Å²) in [6.45, 7) is 2.19. The maximum absolute atomic E-state index is 13.1. The molecule has 0 unspecified atom stereocenters. The van der Waals surface area contributed by atoms with Crippen LogP contribution in [0.15, 0.2) is 66.7 Å². The van der Waals surface area contributed by atoms with Crippen LogP contribution in [0, 0.1) is 0 Å². The molecule has 1 aliphatic heterocycles. The van der Waals surface area contributed by atoms with Crippen molar-refractivity contribution in [2.75, 3.05) is 19.6 Å². The maximum Gasteiger partial charge on any atom is 0.292 e. The van der Waals surface area contributed by atoms with Crippen LogP contribution in [0.25, 0.3) is 11.1 Å². The topological polar surface area (TPSA) is 78.9 Å². The summed E-state index contributed by atoms with van der Waals surface area (Å²) >= 11 is 12.4. The first-order valence-corrected chi connectivity index (χ1v) is 13.7. The molecular formula is C30H30Cl2N2O4. The molecule has 3 aromatic rings. The van der Waals surface area contributed by atoms with Crippen LogP contribution in [0.3, 0.4) is 0 Å². The summed E-state index contributed by atoms with van der Waals surface area (Å²) in [4.78, 5) is 28.3. The SMILES string of the molecule is O=C(N[C@H](CN1CCCC1)[C@H](O)c1ccc(OC2CC2)c(Cl)c1)C(=O)c1ccc(-c2ccc(Cl)cc2)cc1. The summed E-state index contributed by atoms with van der Waals surface area (Å²) in [6, 6.07) is 18.8. The summed E-state index contributed by atoms with van der Waals surface area (Å²) < 4.78 is 5.80. The second-order valence-corrected chi connectivity index (χ2v) is 10.8. The van der Waals surface area contributed by atoms with E-state index in [4.69, 9.17) is 27.9 Å². The Labute approximate surface area is 232 Å². The zero-order valence-electron chi connectivity index (χ0n) is 20.9. The van der Waals surface area contributed by atoms with Gasteiger partial charge in [0.1, 0.15) is 11.9 Å². The minimum atomic E-state index is -1.05. The zero-order valence-corrected chi connectivity index (χ0v) is 22.4. The van der Waals surface area contributed by atoms with Crippen LogP contribution in [0.2, 0.25) is 10.0 Å². The Morgan fingerprint density at radius 3 is 2.18 bits per heavy atom. The first-order valence-electron chi connectivity index (χ1n) is 12.9. The van der Waals surface area contributed by atoms with E-state index in [0.717, 1.165) is 49.9 Å². The number of nitrogens with zero attached hydrogens (tertiary/aromatic N) is 1. The fourth-order valence-electron chi connectivity index (χ4n) is 4.68. The Morgan fingerprint density at radius 1 is 0.947 bits per heavy atom. The second-order valence-electron chi connectivity index (χ2n) is 9.95. The van der Waals surface area contributed by atoms with Gasteiger partial charge < -0.3 is 20.1 Å². The summed E-state index contributed by atoms with van der Waals surface area (Å²) in [7, 11) is 0. The first-order chi connectivity index (χ1) is 18.4. The molecule has 1 saturated heterocycles. The van der Waals surface area contributed by atoms with E-state index >= 15 is 0 Å². The third kappa shape index (κ3) is 6.56. The molecule has 38 heavy (non-hydrogen) atoms. The fraction of sp³-hybridized carbons (Fsp3) is 0.333. The summed E-state index contributed by atoms with van der Waals surface area (Å²) in [5.41, 5.74) is 2.70. The molecule has 2 atom stereocenters. The number of benzene rings is 3. The molecule has 6 nitrogen and oxygen atoms in total. The number of carbonyl (C=O) groups excluding carboxylic acids is 2. The monoisotopic (exact) mass is 552 g/mol. The summed E-state index contributed by atoms with van der Waals surface area (Å²) in [5, 5.41) is 15.1. The molecule has 1 heterocycles. The lowest BCUT2D eigenvalue weighted by molar-refractivity contribution is -0.118. The molecule has 1 aliphatic carbocycles. The third-order valence-electron chi connectivity index (χ3n) is 7.00. The highest BCUT2D eigenvalue weighted by Gasteiger charge is 2.30. The number of Topliss-reactive ketones (excluding diaryl/α,β-unsaturated/α-hetero) is 1. The average Bonchev–Trinajstić information content (AvgIpc) is 3.60. The van der Waals surface area contributed by atoms with Crippen molar-refractivity contribution in [2.24, 2.45) is 0 Å². The summed E-state index contributed by atoms with van der Waals surface area (Å²) in [5.74, 6) is -0.827. The highest BCUT2D eigenvalue weighted by Crippen LogP contribution is 2.34. The van der Waals surface area contributed by atoms with Crippen molar-refractivity contribution in [3.8, 4) is 16.9 Å². The number of likely N-dealkylation sites (tertiary alicyclic amines) is 1. The van der Waals surface area contributed by atoms with Gasteiger partial charge in [0.25, 0.3) is 5.91 Å². The molecule has 2 fully saturated rings. The lowest BCUT2D eigenvalue weighted by Crippen LogP contribution is -2.48. The van der Waals surface area contributed by atoms with Crippen LogP contribution in [-0.4, -0.2) is 53.5 Å². The molecule has 0 aromatic heterocycles. The molecule has 198 valence electrons. The standard InChI is InChI=1S/C30H30Cl2N2O4/c31-23-10-7-20(8-11-23)19-3-5-21(6-4-19)29(36)30(37)33-26(18-34-15-1-2-16-34)28(35)22-9-14-27(25(32)17-22)38-24-12-13-24/h3-11,14,17,24,26,28,35H,1-2,12-13,15-16,18H2,(H,33,37)/t26-,28-/m1/s1. The Hall–Kier alpha value is -2.90. The van der Waals surface area contributed by atoms with Crippen molar-refractivity contribution in [3.05, 3.63) is 87.9 Å². The number of hydrogen-bond acceptors (Lipinski definition) is 5. The number of ketones is 1. The average molecular weight is 553 g/mol. The van der Waals surface area contributed by atoms with E-state index in [1.54, 1.807) is 54.6 Å². The van der Waals surface area contributed by atoms with Crippen molar-refractivity contribution in [1.82, 2.24) is 10.2 Å². The molecule has 0 bridgehead atoms. The van der Waals surface area contributed by atoms with Crippen molar-refractivity contribution in [1.29, 1.82) is 0 Å². The molecule has 8 heteroatoms. The van der Waals surface area contributed by atoms with Crippen LogP contribution in [0.4, 0.5) is 0 Å². The van der Waals surface area contributed by atoms with E-state index in [2.05, 4.69) is 10.2 Å². The van der Waals surface area contributed by atoms with Crippen LogP contribution in [0.1, 0.15) is 47.7 Å². The largest absolute Gasteiger partial charge is 0.489 e. The number of aliphatic hydroxyl groups excluding tert-OH is 1. The minimum absolute atomic E-state index is 0.205. The predicted molar refractivity (Wildman–Crippen MR) is 149 cm³/mol. The van der Waals surface area contributed by atoms with Crippen LogP contribution in [0.5, 0.6) is 5.75 Å². The van der Waals surface area contributed by atoms with Gasteiger partial charge in [-0.2, -0.15) is 0 Å². The molecule has 0 radical (unpaired) electrons. The summed E-state index contributed by atoms with van der Waals surface area (Å²) in [6.07, 6.45) is 3.32. The van der Waals surface area contributed by atoms with Gasteiger partial charge in [-0.1, -0.05) is 65.7 Å². The first kappa shape index (κ1) is 26.7. The number of aliphatic hydroxyl groups is 1. The Bertz CT molecular complexity index is 1290. The van der Waals surface area contributed by atoms with Crippen LogP contribution in [-0.2, 0) is 4.79 Å². The van der Waals surface area contributed by atoms with Gasteiger partial charge in [-0.3, -0.25) is 9.59 Å². The van der Waals surface area contributed by atoms with Crippen molar-refractivity contribution in [3.63, 3.8) is 0 Å². The Morgan fingerprint density at radius 2 is 1.58 bits per heavy atom. The Kier molecular flexibility index (Phi) is 8.34. The number of ether oxygens (including phenoxy) is 1. The van der Waals surface area contributed by atoms with Crippen LogP contribution >= 0.6 is 23.2 Å². The molecule has 1 saturated carbocycles. The molecule has 5 rings (SSSR count). The van der Waals surface area contributed by atoms with E-state index in [-0.39, 0.29) is 11.7 Å². The molecule has 1 amide bonds. The van der Waals surface area contributed by atoms with Crippen molar-refractivity contribution >= 4 is 34.9 Å². The fourth-order valence-corrected chi connectivity index (χ4v) is 5.04. The van der Waals surface area contributed by atoms with Crippen molar-refractivity contribution in [2.45, 2.75) is 43.9 Å². The number of halogens is 2. The third-order valence-corrected chi connectivity index (χ3v) is 7.54. The lowest BCUT2D eigenvalue weighted by Gasteiger charge is -2.28. The number of amides is 1. The normalized spacial score (nSPS) is 17.1. The van der Waals surface area contributed by atoms with Gasteiger partial charge in [-0.05, 0) is 79.7 Å². The van der Waals surface area contributed by atoms with Gasteiger partial charge in [0.2, 0.25) is 5.78 Å². The number of rotatable bonds is 10. The van der Waals surface area contributed by atoms with Gasteiger partial charge in [-0.25, -0.2) is 0 Å². The van der Waals surface area contributed by atoms with E-state index < -0.39 is 23.8 Å². The molecular weight excluding hydrogens is 523 g/mol. The van der Waals surface area contributed by atoms with Gasteiger partial charge >= 0.3 is 0 Å². The predicted octanol–water partition coefficient (Wildman–Crippen LogP) is 5.70. The zero-order chi connectivity index (χ0) is 26.6. The molecule has 2 aliphatic rings. The van der Waals surface area contributed by atoms with E-state index in [9.17, 15) is 14.7 Å². The maximum atomic E-state index is 13.1. The van der Waals surface area contributed by atoms with Gasteiger partial charge in [0.05, 0.1) is 17.2 Å². The number of nitrogens with one attached hydrogen (secondary N) is 1. The minimum Gasteiger partial charge on any atom is -0.489 e. The highest BCUT2D eigenvalue weighted by atomic mass is 35.5. The number of hydrogen-bond donors (Lipinski definition) is 2. The van der Waals surface area contributed by atoms with Crippen molar-refractivity contribution < 1.29 is 19.4 Å². The van der Waals surface area contributed by atoms with E-state index in [1.807, 2.05) is 12.1 Å². The van der Waals surface area contributed by atoms with E-state index in [0.29, 0.717) is 27.9 Å². The molecule has 3 aromatic carbocycles. The van der Waals surface area contributed by atoms with Gasteiger partial charge in [-0.15, -0.1) is 0 Å². The second kappa shape index (κ2) is 11.9. The smallest absolute Gasteiger partial charge is 0.292 e. The molecule has 2 N–H and O–H groups in total. The van der Waals surface area contributed by atoms with Gasteiger partial charge in [0.15, 0.2) is 0 Å². The quantitative estimate of drug-likeness (QED) is 0.249. The highest BCUT2D eigenvalue weighted by molar-refractivity contribution is 6.42. The number of carbonyl (C=O) groups is 2. The Balaban J connectivity index is 1.29.